The largest absolute Gasteiger partial charge is 0.497 e. The summed E-state index contributed by atoms with van der Waals surface area (Å²) in [6.45, 7) is 0.154. The molecule has 0 aliphatic carbocycles. The summed E-state index contributed by atoms with van der Waals surface area (Å²) in [6, 6.07) is 12.2. The van der Waals surface area contributed by atoms with Gasteiger partial charge in [-0.25, -0.2) is 0 Å². The third-order valence-corrected chi connectivity index (χ3v) is 3.12. The maximum absolute atomic E-state index is 12.1. The van der Waals surface area contributed by atoms with E-state index in [1.807, 2.05) is 0 Å². The van der Waals surface area contributed by atoms with Crippen molar-refractivity contribution in [3.63, 3.8) is 0 Å². The van der Waals surface area contributed by atoms with E-state index < -0.39 is 0 Å². The van der Waals surface area contributed by atoms with Crippen LogP contribution < -0.4 is 18.9 Å². The van der Waals surface area contributed by atoms with Crippen molar-refractivity contribution in [3.8, 4) is 23.0 Å². The van der Waals surface area contributed by atoms with Crippen molar-refractivity contribution in [2.24, 2.45) is 0 Å². The molecule has 2 aromatic carbocycles. The lowest BCUT2D eigenvalue weighted by atomic mass is 10.1. The fraction of sp³-hybridized carbons (Fsp3) is 0.188. The first-order valence-electron chi connectivity index (χ1n) is 6.46. The fourth-order valence-electron chi connectivity index (χ4n) is 1.97. The molecule has 0 saturated carbocycles. The zero-order valence-corrected chi connectivity index (χ0v) is 11.5. The van der Waals surface area contributed by atoms with E-state index in [0.29, 0.717) is 22.8 Å². The van der Waals surface area contributed by atoms with Crippen LogP contribution in [0.15, 0.2) is 42.5 Å². The smallest absolute Gasteiger partial charge is 0.231 e. The van der Waals surface area contributed by atoms with Crippen LogP contribution in [-0.2, 0) is 0 Å². The summed E-state index contributed by atoms with van der Waals surface area (Å²) in [5.41, 5.74) is 0.535. The number of Topliss-reactive ketones (excluding diaryl/α,β-unsaturated/α-hetero) is 1. The van der Waals surface area contributed by atoms with Crippen molar-refractivity contribution < 1.29 is 23.7 Å². The standard InChI is InChI=1S/C16H14O5/c1-18-12-3-5-13(6-4-12)19-9-14(17)11-2-7-15-16(8-11)21-10-20-15/h2-8H,9-10H2,1H3. The second-order valence-corrected chi connectivity index (χ2v) is 4.46. The summed E-state index contributed by atoms with van der Waals surface area (Å²) < 4.78 is 21.0. The van der Waals surface area contributed by atoms with Crippen molar-refractivity contribution >= 4 is 5.78 Å². The van der Waals surface area contributed by atoms with Crippen LogP contribution in [0, 0.1) is 0 Å². The van der Waals surface area contributed by atoms with Crippen LogP contribution in [-0.4, -0.2) is 26.3 Å². The summed E-state index contributed by atoms with van der Waals surface area (Å²) in [5, 5.41) is 0. The van der Waals surface area contributed by atoms with Gasteiger partial charge >= 0.3 is 0 Å². The molecular weight excluding hydrogens is 272 g/mol. The summed E-state index contributed by atoms with van der Waals surface area (Å²) in [5.74, 6) is 2.48. The van der Waals surface area contributed by atoms with Crippen LogP contribution in [0.5, 0.6) is 23.0 Å². The minimum absolute atomic E-state index is 0.0357. The molecular formula is C16H14O5. The Hall–Kier alpha value is -2.69. The number of hydrogen-bond donors (Lipinski definition) is 0. The lowest BCUT2D eigenvalue weighted by Crippen LogP contribution is -2.11. The quantitative estimate of drug-likeness (QED) is 0.791. The number of fused-ring (bicyclic) bond motifs is 1. The molecule has 0 fully saturated rings. The minimum Gasteiger partial charge on any atom is -0.497 e. The lowest BCUT2D eigenvalue weighted by molar-refractivity contribution is 0.0921. The highest BCUT2D eigenvalue weighted by molar-refractivity contribution is 5.97. The predicted octanol–water partition coefficient (Wildman–Crippen LogP) is 2.69. The first-order valence-corrected chi connectivity index (χ1v) is 6.46. The average Bonchev–Trinajstić information content (AvgIpc) is 3.00. The number of carbonyl (C=O) groups excluding carboxylic acids is 1. The number of rotatable bonds is 5. The van der Waals surface area contributed by atoms with E-state index in [2.05, 4.69) is 0 Å². The highest BCUT2D eigenvalue weighted by Crippen LogP contribution is 2.32. The highest BCUT2D eigenvalue weighted by atomic mass is 16.7. The van der Waals surface area contributed by atoms with Crippen molar-refractivity contribution in [2.45, 2.75) is 0 Å². The Balaban J connectivity index is 1.63. The van der Waals surface area contributed by atoms with Gasteiger partial charge in [0.1, 0.15) is 11.5 Å². The molecule has 0 spiro atoms. The van der Waals surface area contributed by atoms with Crippen LogP contribution in [0.3, 0.4) is 0 Å². The van der Waals surface area contributed by atoms with Gasteiger partial charge < -0.3 is 18.9 Å². The van der Waals surface area contributed by atoms with Crippen LogP contribution in [0.2, 0.25) is 0 Å². The molecule has 0 amide bonds. The molecule has 21 heavy (non-hydrogen) atoms. The van der Waals surface area contributed by atoms with Gasteiger partial charge in [-0.15, -0.1) is 0 Å². The summed E-state index contributed by atoms with van der Waals surface area (Å²) in [6.07, 6.45) is 0. The normalized spacial score (nSPS) is 12.0. The predicted molar refractivity (Wildman–Crippen MR) is 75.4 cm³/mol. The fourth-order valence-corrected chi connectivity index (χ4v) is 1.97. The van der Waals surface area contributed by atoms with Gasteiger partial charge in [0.25, 0.3) is 0 Å². The summed E-state index contributed by atoms with van der Waals surface area (Å²) in [4.78, 5) is 12.1. The van der Waals surface area contributed by atoms with E-state index in [1.54, 1.807) is 49.6 Å². The number of hydrogen-bond acceptors (Lipinski definition) is 5. The van der Waals surface area contributed by atoms with Gasteiger partial charge in [0.15, 0.2) is 23.9 Å². The van der Waals surface area contributed by atoms with E-state index in [-0.39, 0.29) is 19.2 Å². The zero-order valence-electron chi connectivity index (χ0n) is 11.5. The second-order valence-electron chi connectivity index (χ2n) is 4.46. The average molecular weight is 286 g/mol. The SMILES string of the molecule is COc1ccc(OCC(=O)c2ccc3c(c2)OCO3)cc1. The van der Waals surface area contributed by atoms with Gasteiger partial charge in [0.2, 0.25) is 6.79 Å². The second kappa shape index (κ2) is 5.75. The first kappa shape index (κ1) is 13.3. The van der Waals surface area contributed by atoms with E-state index in [1.165, 1.54) is 0 Å². The molecule has 0 atom stereocenters. The van der Waals surface area contributed by atoms with Gasteiger partial charge in [0.05, 0.1) is 7.11 Å². The molecule has 5 nitrogen and oxygen atoms in total. The monoisotopic (exact) mass is 286 g/mol. The van der Waals surface area contributed by atoms with Gasteiger partial charge in [-0.2, -0.15) is 0 Å². The highest BCUT2D eigenvalue weighted by Gasteiger charge is 2.16. The van der Waals surface area contributed by atoms with E-state index in [0.717, 1.165) is 5.75 Å². The van der Waals surface area contributed by atoms with Crippen LogP contribution >= 0.6 is 0 Å². The van der Waals surface area contributed by atoms with E-state index in [9.17, 15) is 4.79 Å². The van der Waals surface area contributed by atoms with Gasteiger partial charge in [-0.3, -0.25) is 4.79 Å². The number of ketones is 1. The molecule has 2 aromatic rings. The van der Waals surface area contributed by atoms with E-state index in [4.69, 9.17) is 18.9 Å². The minimum atomic E-state index is -0.121. The van der Waals surface area contributed by atoms with Crippen LogP contribution in [0.25, 0.3) is 0 Å². The Morgan fingerprint density at radius 1 is 1.05 bits per heavy atom. The van der Waals surface area contributed by atoms with Crippen molar-refractivity contribution in [2.75, 3.05) is 20.5 Å². The molecule has 0 unspecified atom stereocenters. The third-order valence-electron chi connectivity index (χ3n) is 3.12. The molecule has 0 aromatic heterocycles. The number of ether oxygens (including phenoxy) is 4. The Labute approximate surface area is 122 Å². The molecule has 1 heterocycles. The molecule has 1 aliphatic heterocycles. The Morgan fingerprint density at radius 2 is 1.76 bits per heavy atom. The Bertz CT molecular complexity index is 648. The molecule has 0 saturated heterocycles. The number of benzene rings is 2. The third kappa shape index (κ3) is 2.91. The maximum atomic E-state index is 12.1. The molecule has 0 N–H and O–H groups in total. The molecule has 0 radical (unpaired) electrons. The van der Waals surface area contributed by atoms with Crippen LogP contribution in [0.1, 0.15) is 10.4 Å². The van der Waals surface area contributed by atoms with Gasteiger partial charge in [-0.05, 0) is 42.5 Å². The Morgan fingerprint density at radius 3 is 2.52 bits per heavy atom. The van der Waals surface area contributed by atoms with Gasteiger partial charge in [-0.1, -0.05) is 0 Å². The molecule has 108 valence electrons. The number of methoxy groups -OCH3 is 1. The van der Waals surface area contributed by atoms with E-state index >= 15 is 0 Å². The Kier molecular flexibility index (Phi) is 3.64. The van der Waals surface area contributed by atoms with Gasteiger partial charge in [0, 0.05) is 5.56 Å². The lowest BCUT2D eigenvalue weighted by Gasteiger charge is -2.07. The molecule has 0 bridgehead atoms. The first-order chi connectivity index (χ1) is 10.3. The number of carbonyl (C=O) groups is 1. The van der Waals surface area contributed by atoms with Crippen molar-refractivity contribution in [1.82, 2.24) is 0 Å². The summed E-state index contributed by atoms with van der Waals surface area (Å²) >= 11 is 0. The molecule has 1 aliphatic rings. The maximum Gasteiger partial charge on any atom is 0.231 e. The topological polar surface area (TPSA) is 54.0 Å². The zero-order chi connectivity index (χ0) is 14.7. The van der Waals surface area contributed by atoms with Crippen molar-refractivity contribution in [3.05, 3.63) is 48.0 Å². The molecule has 3 rings (SSSR count). The molecule has 5 heteroatoms. The van der Waals surface area contributed by atoms with Crippen LogP contribution in [0.4, 0.5) is 0 Å². The summed E-state index contributed by atoms with van der Waals surface area (Å²) in [7, 11) is 1.60. The van der Waals surface area contributed by atoms with Crippen molar-refractivity contribution in [1.29, 1.82) is 0 Å².